The summed E-state index contributed by atoms with van der Waals surface area (Å²) in [6.45, 7) is 17.4. The van der Waals surface area contributed by atoms with Crippen molar-refractivity contribution in [2.45, 2.75) is 72.1 Å². The monoisotopic (exact) mass is 212 g/mol. The summed E-state index contributed by atoms with van der Waals surface area (Å²) in [5.74, 6) is 0. The van der Waals surface area contributed by atoms with Crippen molar-refractivity contribution in [2.75, 3.05) is 0 Å². The van der Waals surface area contributed by atoms with Gasteiger partial charge in [-0.05, 0) is 35.6 Å². The minimum atomic E-state index is -0.934. The van der Waals surface area contributed by atoms with Crippen molar-refractivity contribution in [1.82, 2.24) is 0 Å². The topological polar surface area (TPSA) is 0 Å². The van der Waals surface area contributed by atoms with Crippen LogP contribution in [-0.4, -0.2) is 8.07 Å². The van der Waals surface area contributed by atoms with Crippen molar-refractivity contribution < 1.29 is 0 Å². The van der Waals surface area contributed by atoms with E-state index < -0.39 is 8.07 Å². The number of hydrogen-bond donors (Lipinski definition) is 0. The molecule has 1 aliphatic rings. The zero-order chi connectivity index (χ0) is 11.2. The lowest BCUT2D eigenvalue weighted by molar-refractivity contribution is 0.114. The van der Waals surface area contributed by atoms with Gasteiger partial charge in [0.15, 0.2) is 0 Å². The van der Waals surface area contributed by atoms with Crippen LogP contribution in [0.15, 0.2) is 0 Å². The quantitative estimate of drug-likeness (QED) is 0.541. The standard InChI is InChI=1S/C13H28Si/c1-12(2)8-11(14(5,6)7)9-13(3,4)10-12/h11H,8-10H2,1-7H3. The van der Waals surface area contributed by atoms with E-state index in [0.717, 1.165) is 5.54 Å². The molecule has 0 heterocycles. The fourth-order valence-electron chi connectivity index (χ4n) is 3.46. The van der Waals surface area contributed by atoms with Gasteiger partial charge in [0.1, 0.15) is 0 Å². The predicted molar refractivity (Wildman–Crippen MR) is 68.5 cm³/mol. The summed E-state index contributed by atoms with van der Waals surface area (Å²) < 4.78 is 0. The maximum Gasteiger partial charge on any atom is 0.0474 e. The summed E-state index contributed by atoms with van der Waals surface area (Å²) in [5, 5.41) is 0. The molecule has 1 saturated carbocycles. The Kier molecular flexibility index (Phi) is 2.95. The molecule has 0 nitrogen and oxygen atoms in total. The van der Waals surface area contributed by atoms with Crippen LogP contribution in [0, 0.1) is 10.8 Å². The molecule has 1 rings (SSSR count). The zero-order valence-electron chi connectivity index (χ0n) is 11.2. The Morgan fingerprint density at radius 3 is 1.50 bits per heavy atom. The molecule has 1 aliphatic carbocycles. The second-order valence-electron chi connectivity index (χ2n) is 7.98. The molecule has 0 atom stereocenters. The molecule has 0 amide bonds. The van der Waals surface area contributed by atoms with Gasteiger partial charge in [0.05, 0.1) is 0 Å². The Balaban J connectivity index is 2.82. The van der Waals surface area contributed by atoms with Crippen LogP contribution in [0.3, 0.4) is 0 Å². The maximum atomic E-state index is 2.54. The molecule has 1 heteroatoms. The van der Waals surface area contributed by atoms with Crippen LogP contribution in [0.5, 0.6) is 0 Å². The van der Waals surface area contributed by atoms with E-state index in [0.29, 0.717) is 10.8 Å². The van der Waals surface area contributed by atoms with E-state index in [-0.39, 0.29) is 0 Å². The Labute approximate surface area is 91.5 Å². The summed E-state index contributed by atoms with van der Waals surface area (Å²) in [4.78, 5) is 0. The van der Waals surface area contributed by atoms with Crippen molar-refractivity contribution in [2.24, 2.45) is 10.8 Å². The first-order valence-corrected chi connectivity index (χ1v) is 9.60. The summed E-state index contributed by atoms with van der Waals surface area (Å²) in [5.41, 5.74) is 2.18. The molecule has 0 aromatic heterocycles. The van der Waals surface area contributed by atoms with E-state index in [1.807, 2.05) is 0 Å². The van der Waals surface area contributed by atoms with Gasteiger partial charge in [0, 0.05) is 8.07 Å². The van der Waals surface area contributed by atoms with Crippen molar-refractivity contribution in [1.29, 1.82) is 0 Å². The minimum absolute atomic E-state index is 0.576. The fraction of sp³-hybridized carbons (Fsp3) is 1.00. The first-order valence-electron chi connectivity index (χ1n) is 6.02. The van der Waals surface area contributed by atoms with Gasteiger partial charge in [-0.2, -0.15) is 0 Å². The van der Waals surface area contributed by atoms with Crippen molar-refractivity contribution in [3.8, 4) is 0 Å². The first kappa shape index (κ1) is 12.3. The minimum Gasteiger partial charge on any atom is -0.0693 e. The van der Waals surface area contributed by atoms with Gasteiger partial charge < -0.3 is 0 Å². The molecule has 0 bridgehead atoms. The molecule has 0 saturated heterocycles. The molecule has 14 heavy (non-hydrogen) atoms. The van der Waals surface area contributed by atoms with Crippen molar-refractivity contribution >= 4 is 8.07 Å². The maximum absolute atomic E-state index is 2.54. The number of hydrogen-bond acceptors (Lipinski definition) is 0. The molecule has 0 aromatic carbocycles. The highest BCUT2D eigenvalue weighted by molar-refractivity contribution is 6.77. The predicted octanol–water partition coefficient (Wildman–Crippen LogP) is 4.93. The molecule has 0 aromatic rings. The number of rotatable bonds is 1. The van der Waals surface area contributed by atoms with Gasteiger partial charge in [-0.3, -0.25) is 0 Å². The summed E-state index contributed by atoms with van der Waals surface area (Å²) >= 11 is 0. The normalized spacial score (nSPS) is 27.6. The highest BCUT2D eigenvalue weighted by Crippen LogP contribution is 2.53. The zero-order valence-corrected chi connectivity index (χ0v) is 12.2. The van der Waals surface area contributed by atoms with Crippen LogP contribution in [-0.2, 0) is 0 Å². The van der Waals surface area contributed by atoms with Crippen molar-refractivity contribution in [3.63, 3.8) is 0 Å². The van der Waals surface area contributed by atoms with Crippen LogP contribution in [0.2, 0.25) is 25.2 Å². The smallest absolute Gasteiger partial charge is 0.0474 e. The lowest BCUT2D eigenvalue weighted by Crippen LogP contribution is -2.40. The van der Waals surface area contributed by atoms with Crippen LogP contribution >= 0.6 is 0 Å². The van der Waals surface area contributed by atoms with Crippen LogP contribution < -0.4 is 0 Å². The van der Waals surface area contributed by atoms with Gasteiger partial charge in [-0.25, -0.2) is 0 Å². The molecule has 0 radical (unpaired) electrons. The largest absolute Gasteiger partial charge is 0.0693 e. The van der Waals surface area contributed by atoms with Crippen LogP contribution in [0.25, 0.3) is 0 Å². The average molecular weight is 212 g/mol. The van der Waals surface area contributed by atoms with E-state index in [2.05, 4.69) is 47.3 Å². The van der Waals surface area contributed by atoms with Gasteiger partial charge in [0.25, 0.3) is 0 Å². The van der Waals surface area contributed by atoms with E-state index in [1.54, 1.807) is 0 Å². The van der Waals surface area contributed by atoms with Crippen molar-refractivity contribution in [3.05, 3.63) is 0 Å². The highest BCUT2D eigenvalue weighted by Gasteiger charge is 2.42. The lowest BCUT2D eigenvalue weighted by Gasteiger charge is -2.48. The van der Waals surface area contributed by atoms with Gasteiger partial charge >= 0.3 is 0 Å². The Bertz CT molecular complexity index is 192. The Morgan fingerprint density at radius 1 is 0.857 bits per heavy atom. The van der Waals surface area contributed by atoms with Gasteiger partial charge in [-0.1, -0.05) is 47.3 Å². The third-order valence-corrected chi connectivity index (χ3v) is 6.64. The fourth-order valence-corrected chi connectivity index (χ4v) is 5.79. The summed E-state index contributed by atoms with van der Waals surface area (Å²) in [7, 11) is -0.934. The van der Waals surface area contributed by atoms with E-state index in [4.69, 9.17) is 0 Å². The Hall–Kier alpha value is 0.217. The highest BCUT2D eigenvalue weighted by atomic mass is 28.3. The third-order valence-electron chi connectivity index (χ3n) is 3.78. The SMILES string of the molecule is CC1(C)CC([Si](C)(C)C)CC(C)(C)C1. The van der Waals surface area contributed by atoms with Crippen LogP contribution in [0.4, 0.5) is 0 Å². The lowest BCUT2D eigenvalue weighted by atomic mass is 9.65. The third kappa shape index (κ3) is 3.11. The Morgan fingerprint density at radius 2 is 1.21 bits per heavy atom. The second-order valence-corrected chi connectivity index (χ2v) is 13.5. The van der Waals surface area contributed by atoms with Gasteiger partial charge in [0.2, 0.25) is 0 Å². The van der Waals surface area contributed by atoms with Crippen LogP contribution in [0.1, 0.15) is 47.0 Å². The molecule has 0 unspecified atom stereocenters. The summed E-state index contributed by atoms with van der Waals surface area (Å²) in [6, 6.07) is 0. The molecular weight excluding hydrogens is 184 g/mol. The van der Waals surface area contributed by atoms with E-state index in [9.17, 15) is 0 Å². The molecule has 0 aliphatic heterocycles. The molecule has 0 N–H and O–H groups in total. The molecule has 0 spiro atoms. The first-order chi connectivity index (χ1) is 6.02. The summed E-state index contributed by atoms with van der Waals surface area (Å²) in [6.07, 6.45) is 4.33. The average Bonchev–Trinajstić information content (AvgIpc) is 1.76. The van der Waals surface area contributed by atoms with Gasteiger partial charge in [-0.15, -0.1) is 0 Å². The van der Waals surface area contributed by atoms with E-state index >= 15 is 0 Å². The molecular formula is C13H28Si. The molecule has 1 fully saturated rings. The molecule has 84 valence electrons. The van der Waals surface area contributed by atoms with E-state index in [1.165, 1.54) is 19.3 Å². The second kappa shape index (κ2) is 3.36.